The van der Waals surface area contributed by atoms with Gasteiger partial charge in [-0.2, -0.15) is 0 Å². The van der Waals surface area contributed by atoms with E-state index in [1.54, 1.807) is 10.9 Å². The Labute approximate surface area is 103 Å². The largest absolute Gasteiger partial charge is 0.394 e. The maximum Gasteiger partial charge on any atom is 0.167 e. The van der Waals surface area contributed by atoms with Gasteiger partial charge in [0.1, 0.15) is 18.1 Å². The van der Waals surface area contributed by atoms with Crippen LogP contribution in [-0.4, -0.2) is 43.4 Å². The topological polar surface area (TPSA) is 125 Å². The number of hydrogen-bond acceptors (Lipinski definition) is 7. The number of rotatable bonds is 2. The summed E-state index contributed by atoms with van der Waals surface area (Å²) < 4.78 is 7.35. The van der Waals surface area contributed by atoms with Crippen molar-refractivity contribution in [2.75, 3.05) is 18.9 Å². The number of aliphatic hydroxyl groups is 1. The first kappa shape index (κ1) is 11.3. The molecule has 0 bridgehead atoms. The lowest BCUT2D eigenvalue weighted by Gasteiger charge is -2.18. The van der Waals surface area contributed by atoms with Crippen LogP contribution in [0.3, 0.4) is 0 Å². The molecule has 1 aliphatic heterocycles. The fraction of sp³-hybridized carbons (Fsp3) is 0.500. The van der Waals surface area contributed by atoms with E-state index in [1.807, 2.05) is 0 Å². The Hall–Kier alpha value is -1.77. The van der Waals surface area contributed by atoms with E-state index < -0.39 is 5.54 Å². The highest BCUT2D eigenvalue weighted by Crippen LogP contribution is 2.31. The third-order valence-electron chi connectivity index (χ3n) is 3.16. The summed E-state index contributed by atoms with van der Waals surface area (Å²) in [5.41, 5.74) is 12.1. The van der Waals surface area contributed by atoms with Crippen molar-refractivity contribution < 1.29 is 9.84 Å². The maximum atomic E-state index is 9.22. The van der Waals surface area contributed by atoms with Crippen LogP contribution in [0.2, 0.25) is 0 Å². The summed E-state index contributed by atoms with van der Waals surface area (Å²) in [5.74, 6) is 0.331. The van der Waals surface area contributed by atoms with E-state index in [-0.39, 0.29) is 12.8 Å². The normalized spacial score (nSPS) is 28.0. The van der Waals surface area contributed by atoms with E-state index in [1.165, 1.54) is 6.33 Å². The third kappa shape index (κ3) is 1.62. The molecule has 1 fully saturated rings. The molecule has 18 heavy (non-hydrogen) atoms. The van der Waals surface area contributed by atoms with Crippen molar-refractivity contribution in [2.24, 2.45) is 5.73 Å². The minimum absolute atomic E-state index is 0.118. The molecular formula is C10H14N6O2. The predicted octanol–water partition coefficient (Wildman–Crippen LogP) is -0.983. The molecule has 8 heteroatoms. The highest BCUT2D eigenvalue weighted by atomic mass is 16.5. The van der Waals surface area contributed by atoms with Gasteiger partial charge in [-0.1, -0.05) is 0 Å². The first-order chi connectivity index (χ1) is 8.63. The molecule has 5 N–H and O–H groups in total. The Morgan fingerprint density at radius 2 is 2.33 bits per heavy atom. The standard InChI is InChI=1S/C10H14N6O2/c11-8-7-9(14-4-13-8)16(5-15-7)6-1-10(12,2-17)3-18-6/h4-6,17H,1-3,12H2,(H2,11,13,14)/t6-,10+/m1/s1. The molecule has 3 heterocycles. The molecule has 96 valence electrons. The molecule has 1 saturated heterocycles. The zero-order valence-corrected chi connectivity index (χ0v) is 9.65. The van der Waals surface area contributed by atoms with Crippen molar-refractivity contribution in [1.29, 1.82) is 0 Å². The second-order valence-electron chi connectivity index (χ2n) is 4.57. The number of aliphatic hydroxyl groups excluding tert-OH is 1. The van der Waals surface area contributed by atoms with Crippen molar-refractivity contribution in [2.45, 2.75) is 18.2 Å². The van der Waals surface area contributed by atoms with Crippen LogP contribution in [0.15, 0.2) is 12.7 Å². The van der Waals surface area contributed by atoms with Crippen molar-refractivity contribution in [3.05, 3.63) is 12.7 Å². The monoisotopic (exact) mass is 250 g/mol. The molecule has 0 amide bonds. The summed E-state index contributed by atoms with van der Waals surface area (Å²) in [7, 11) is 0. The fourth-order valence-electron chi connectivity index (χ4n) is 2.10. The van der Waals surface area contributed by atoms with Crippen LogP contribution in [0.25, 0.3) is 11.2 Å². The number of fused-ring (bicyclic) bond motifs is 1. The third-order valence-corrected chi connectivity index (χ3v) is 3.16. The first-order valence-corrected chi connectivity index (χ1v) is 5.57. The molecule has 2 atom stereocenters. The Morgan fingerprint density at radius 3 is 3.06 bits per heavy atom. The zero-order valence-electron chi connectivity index (χ0n) is 9.65. The van der Waals surface area contributed by atoms with Gasteiger partial charge >= 0.3 is 0 Å². The van der Waals surface area contributed by atoms with Crippen LogP contribution in [0.1, 0.15) is 12.6 Å². The van der Waals surface area contributed by atoms with Gasteiger partial charge in [-0.3, -0.25) is 4.57 Å². The van der Waals surface area contributed by atoms with Gasteiger partial charge in [0, 0.05) is 6.42 Å². The van der Waals surface area contributed by atoms with Gasteiger partial charge in [0.2, 0.25) is 0 Å². The minimum Gasteiger partial charge on any atom is -0.394 e. The number of nitrogen functional groups attached to an aromatic ring is 1. The zero-order chi connectivity index (χ0) is 12.8. The molecule has 1 aliphatic rings. The summed E-state index contributed by atoms with van der Waals surface area (Å²) in [6.45, 7) is 0.182. The Morgan fingerprint density at radius 1 is 1.50 bits per heavy atom. The second kappa shape index (κ2) is 3.87. The van der Waals surface area contributed by atoms with Crippen LogP contribution in [0.5, 0.6) is 0 Å². The van der Waals surface area contributed by atoms with Crippen LogP contribution in [0, 0.1) is 0 Å². The quantitative estimate of drug-likeness (QED) is 0.625. The van der Waals surface area contributed by atoms with Crippen molar-refractivity contribution >= 4 is 17.0 Å². The molecule has 0 aliphatic carbocycles. The molecule has 3 rings (SSSR count). The fourth-order valence-corrected chi connectivity index (χ4v) is 2.10. The van der Waals surface area contributed by atoms with E-state index in [2.05, 4.69) is 15.0 Å². The smallest absolute Gasteiger partial charge is 0.167 e. The van der Waals surface area contributed by atoms with E-state index in [9.17, 15) is 5.11 Å². The van der Waals surface area contributed by atoms with Gasteiger partial charge < -0.3 is 21.3 Å². The SMILES string of the molecule is Nc1ncnc2c1ncn2[C@H]1C[C@](N)(CO)CO1. The van der Waals surface area contributed by atoms with Crippen LogP contribution in [-0.2, 0) is 4.74 Å². The van der Waals surface area contributed by atoms with E-state index in [0.717, 1.165) is 0 Å². The number of imidazole rings is 1. The maximum absolute atomic E-state index is 9.22. The van der Waals surface area contributed by atoms with Gasteiger partial charge in [0.15, 0.2) is 11.5 Å². The van der Waals surface area contributed by atoms with Gasteiger partial charge in [0.25, 0.3) is 0 Å². The van der Waals surface area contributed by atoms with Crippen molar-refractivity contribution in [3.63, 3.8) is 0 Å². The summed E-state index contributed by atoms with van der Waals surface area (Å²) in [6.07, 6.45) is 3.19. The molecule has 0 radical (unpaired) electrons. The number of hydrogen-bond donors (Lipinski definition) is 3. The van der Waals surface area contributed by atoms with Gasteiger partial charge in [-0.25, -0.2) is 15.0 Å². The molecule has 0 saturated carbocycles. The summed E-state index contributed by atoms with van der Waals surface area (Å²) >= 11 is 0. The number of anilines is 1. The minimum atomic E-state index is -0.708. The summed E-state index contributed by atoms with van der Waals surface area (Å²) in [6, 6.07) is 0. The lowest BCUT2D eigenvalue weighted by atomic mass is 10.0. The van der Waals surface area contributed by atoms with Crippen molar-refractivity contribution in [3.8, 4) is 0 Å². The molecule has 0 unspecified atom stereocenters. The molecule has 2 aromatic rings. The molecule has 0 aromatic carbocycles. The number of nitrogens with two attached hydrogens (primary N) is 2. The van der Waals surface area contributed by atoms with Crippen LogP contribution in [0.4, 0.5) is 5.82 Å². The molecule has 0 spiro atoms. The average molecular weight is 250 g/mol. The molecular weight excluding hydrogens is 236 g/mol. The number of nitrogens with zero attached hydrogens (tertiary/aromatic N) is 4. The van der Waals surface area contributed by atoms with Gasteiger partial charge in [-0.15, -0.1) is 0 Å². The lowest BCUT2D eigenvalue weighted by molar-refractivity contribution is 0.0530. The second-order valence-corrected chi connectivity index (χ2v) is 4.57. The van der Waals surface area contributed by atoms with Crippen LogP contribution < -0.4 is 11.5 Å². The molecule has 2 aromatic heterocycles. The van der Waals surface area contributed by atoms with E-state index in [0.29, 0.717) is 30.0 Å². The van der Waals surface area contributed by atoms with Crippen molar-refractivity contribution in [1.82, 2.24) is 19.5 Å². The Kier molecular flexibility index (Phi) is 2.44. The average Bonchev–Trinajstić information content (AvgIpc) is 2.94. The highest BCUT2D eigenvalue weighted by molar-refractivity contribution is 5.81. The summed E-state index contributed by atoms with van der Waals surface area (Å²) in [5, 5.41) is 9.22. The lowest BCUT2D eigenvalue weighted by Crippen LogP contribution is -2.44. The first-order valence-electron chi connectivity index (χ1n) is 5.57. The van der Waals surface area contributed by atoms with Crippen LogP contribution >= 0.6 is 0 Å². The van der Waals surface area contributed by atoms with E-state index >= 15 is 0 Å². The number of ether oxygens (including phenoxy) is 1. The highest BCUT2D eigenvalue weighted by Gasteiger charge is 2.37. The molecule has 8 nitrogen and oxygen atoms in total. The number of aromatic nitrogens is 4. The van der Waals surface area contributed by atoms with Gasteiger partial charge in [-0.05, 0) is 0 Å². The van der Waals surface area contributed by atoms with Gasteiger partial charge in [0.05, 0.1) is 25.1 Å². The predicted molar refractivity (Wildman–Crippen MR) is 63.3 cm³/mol. The van der Waals surface area contributed by atoms with E-state index in [4.69, 9.17) is 16.2 Å². The Bertz CT molecular complexity index is 585. The summed E-state index contributed by atoms with van der Waals surface area (Å²) in [4.78, 5) is 12.2. The Balaban J connectivity index is 1.99.